The topological polar surface area (TPSA) is 104 Å². The monoisotopic (exact) mass is 305 g/mol. The molecule has 3 N–H and O–H groups in total. The molecule has 22 heavy (non-hydrogen) atoms. The molecule has 3 rings (SSSR count). The minimum absolute atomic E-state index is 0.00532. The Hall–Kier alpha value is -2.37. The van der Waals surface area contributed by atoms with E-state index >= 15 is 0 Å². The van der Waals surface area contributed by atoms with Gasteiger partial charge in [-0.2, -0.15) is 0 Å². The summed E-state index contributed by atoms with van der Waals surface area (Å²) in [6.07, 6.45) is 1.35. The third kappa shape index (κ3) is 2.95. The number of fused-ring (bicyclic) bond motifs is 1. The molecule has 1 aromatic carbocycles. The van der Waals surface area contributed by atoms with Crippen molar-refractivity contribution >= 4 is 23.5 Å². The number of carbonyl (C=O) groups excluding carboxylic acids is 2. The van der Waals surface area contributed by atoms with E-state index in [1.54, 1.807) is 0 Å². The molecule has 1 aliphatic heterocycles. The van der Waals surface area contributed by atoms with Crippen LogP contribution in [0.25, 0.3) is 0 Å². The Kier molecular flexibility index (Phi) is 4.21. The van der Waals surface area contributed by atoms with E-state index in [1.165, 1.54) is 0 Å². The Morgan fingerprint density at radius 1 is 1.23 bits per heavy atom. The molecule has 0 atom stereocenters. The van der Waals surface area contributed by atoms with E-state index in [1.807, 2.05) is 32.0 Å². The number of rotatable bonds is 2. The Labute approximate surface area is 128 Å². The summed E-state index contributed by atoms with van der Waals surface area (Å²) in [5.74, 6) is 0.446. The summed E-state index contributed by atoms with van der Waals surface area (Å²) in [6, 6.07) is 5.59. The lowest BCUT2D eigenvalue weighted by Crippen LogP contribution is -2.27. The molecule has 6 nitrogen and oxygen atoms in total. The number of nitrogens with one attached hydrogen (secondary N) is 1. The third-order valence-corrected chi connectivity index (χ3v) is 4.27. The van der Waals surface area contributed by atoms with Gasteiger partial charge in [-0.05, 0) is 50.5 Å². The van der Waals surface area contributed by atoms with Crippen LogP contribution in [0.4, 0.5) is 10.5 Å². The first-order chi connectivity index (χ1) is 10.2. The molecular weight excluding hydrogens is 286 g/mol. The summed E-state index contributed by atoms with van der Waals surface area (Å²) in [5.41, 5.74) is 2.00. The standard InChI is InChI=1S/C15H17NO2.CH2O3/c1-15(2)11-8-10(13(17)9-4-3-5-9)6-7-12(11)16-14(15)18;2-1(3)4/h6-9H,3-5H2,1-2H3,(H,16,18);(H2,2,3,4). The molecule has 6 heteroatoms. The maximum Gasteiger partial charge on any atom is 0.503 e. The first kappa shape index (κ1) is 16.0. The number of carbonyl (C=O) groups is 3. The van der Waals surface area contributed by atoms with Gasteiger partial charge in [-0.1, -0.05) is 6.42 Å². The highest BCUT2D eigenvalue weighted by atomic mass is 16.6. The summed E-state index contributed by atoms with van der Waals surface area (Å²) in [4.78, 5) is 32.6. The van der Waals surface area contributed by atoms with Crippen LogP contribution < -0.4 is 5.32 Å². The SMILES string of the molecule is CC1(C)C(=O)Nc2ccc(C(=O)C3CCC3)cc21.O=C(O)O. The second kappa shape index (κ2) is 5.79. The van der Waals surface area contributed by atoms with Gasteiger partial charge in [0.15, 0.2) is 5.78 Å². The molecule has 0 spiro atoms. The Balaban J connectivity index is 0.000000396. The average molecular weight is 305 g/mol. The first-order valence-electron chi connectivity index (χ1n) is 7.15. The number of anilines is 1. The molecule has 1 aliphatic carbocycles. The van der Waals surface area contributed by atoms with Gasteiger partial charge < -0.3 is 15.5 Å². The second-order valence-corrected chi connectivity index (χ2v) is 6.11. The quantitative estimate of drug-likeness (QED) is 0.728. The molecule has 1 fully saturated rings. The number of benzene rings is 1. The normalized spacial score (nSPS) is 18.4. The van der Waals surface area contributed by atoms with E-state index in [2.05, 4.69) is 5.32 Å². The molecule has 1 saturated carbocycles. The molecule has 2 aliphatic rings. The van der Waals surface area contributed by atoms with Gasteiger partial charge in [-0.3, -0.25) is 9.59 Å². The number of hydrogen-bond donors (Lipinski definition) is 3. The smallest absolute Gasteiger partial charge is 0.450 e. The van der Waals surface area contributed by atoms with Crippen LogP contribution in [-0.2, 0) is 10.2 Å². The van der Waals surface area contributed by atoms with Crippen LogP contribution in [0.3, 0.4) is 0 Å². The highest BCUT2D eigenvalue weighted by Crippen LogP contribution is 2.39. The maximum atomic E-state index is 12.2. The van der Waals surface area contributed by atoms with Crippen molar-refractivity contribution in [1.29, 1.82) is 0 Å². The maximum absolute atomic E-state index is 12.2. The van der Waals surface area contributed by atoms with Gasteiger partial charge in [-0.25, -0.2) is 4.79 Å². The van der Waals surface area contributed by atoms with Crippen LogP contribution >= 0.6 is 0 Å². The van der Waals surface area contributed by atoms with Crippen LogP contribution in [0.15, 0.2) is 18.2 Å². The van der Waals surface area contributed by atoms with E-state index in [0.29, 0.717) is 0 Å². The van der Waals surface area contributed by atoms with Crippen molar-refractivity contribution in [1.82, 2.24) is 0 Å². The van der Waals surface area contributed by atoms with Gasteiger partial charge in [0, 0.05) is 17.2 Å². The van der Waals surface area contributed by atoms with Crippen LogP contribution in [0.1, 0.15) is 49.0 Å². The molecule has 1 amide bonds. The van der Waals surface area contributed by atoms with Gasteiger partial charge in [-0.15, -0.1) is 0 Å². The molecule has 0 aromatic heterocycles. The van der Waals surface area contributed by atoms with Crippen molar-refractivity contribution in [2.75, 3.05) is 5.32 Å². The van der Waals surface area contributed by atoms with E-state index in [0.717, 1.165) is 36.1 Å². The lowest BCUT2D eigenvalue weighted by molar-refractivity contribution is -0.119. The molecule has 0 unspecified atom stereocenters. The molecule has 1 aromatic rings. The van der Waals surface area contributed by atoms with Crippen LogP contribution in [-0.4, -0.2) is 28.1 Å². The van der Waals surface area contributed by atoms with Crippen molar-refractivity contribution in [2.45, 2.75) is 38.5 Å². The Morgan fingerprint density at radius 2 is 1.82 bits per heavy atom. The lowest BCUT2D eigenvalue weighted by Gasteiger charge is -2.24. The number of amides is 1. The zero-order valence-electron chi connectivity index (χ0n) is 12.5. The van der Waals surface area contributed by atoms with Gasteiger partial charge in [0.05, 0.1) is 5.41 Å². The highest BCUT2D eigenvalue weighted by Gasteiger charge is 2.39. The molecule has 0 radical (unpaired) electrons. The van der Waals surface area contributed by atoms with Crippen LogP contribution in [0, 0.1) is 5.92 Å². The number of Topliss-reactive ketones (excluding diaryl/α,β-unsaturated/α-hetero) is 1. The van der Waals surface area contributed by atoms with Crippen LogP contribution in [0.5, 0.6) is 0 Å². The van der Waals surface area contributed by atoms with Gasteiger partial charge in [0.1, 0.15) is 0 Å². The minimum atomic E-state index is -1.83. The first-order valence-corrected chi connectivity index (χ1v) is 7.15. The number of ketones is 1. The zero-order valence-corrected chi connectivity index (χ0v) is 12.5. The summed E-state index contributed by atoms with van der Waals surface area (Å²) in [5, 5.41) is 16.8. The fourth-order valence-corrected chi connectivity index (χ4v) is 2.63. The molecular formula is C16H19NO5. The average Bonchev–Trinajstić information content (AvgIpc) is 2.57. The number of hydrogen-bond acceptors (Lipinski definition) is 3. The van der Waals surface area contributed by atoms with Crippen molar-refractivity contribution in [3.63, 3.8) is 0 Å². The summed E-state index contributed by atoms with van der Waals surface area (Å²) in [6.45, 7) is 3.79. The van der Waals surface area contributed by atoms with Crippen molar-refractivity contribution < 1.29 is 24.6 Å². The van der Waals surface area contributed by atoms with E-state index < -0.39 is 11.6 Å². The summed E-state index contributed by atoms with van der Waals surface area (Å²) < 4.78 is 0. The van der Waals surface area contributed by atoms with E-state index in [-0.39, 0.29) is 17.6 Å². The highest BCUT2D eigenvalue weighted by molar-refractivity contribution is 6.07. The molecule has 118 valence electrons. The zero-order chi connectivity index (χ0) is 16.5. The van der Waals surface area contributed by atoms with Gasteiger partial charge in [0.2, 0.25) is 5.91 Å². The Morgan fingerprint density at radius 3 is 2.32 bits per heavy atom. The van der Waals surface area contributed by atoms with Crippen molar-refractivity contribution in [3.05, 3.63) is 29.3 Å². The number of carboxylic acid groups (broad SMARTS) is 2. The Bertz CT molecular complexity index is 627. The molecule has 0 bridgehead atoms. The van der Waals surface area contributed by atoms with E-state index in [4.69, 9.17) is 15.0 Å². The summed E-state index contributed by atoms with van der Waals surface area (Å²) in [7, 11) is 0. The van der Waals surface area contributed by atoms with Crippen molar-refractivity contribution in [3.8, 4) is 0 Å². The fourth-order valence-electron chi connectivity index (χ4n) is 2.63. The van der Waals surface area contributed by atoms with Gasteiger partial charge in [0.25, 0.3) is 0 Å². The molecule has 0 saturated heterocycles. The predicted molar refractivity (Wildman–Crippen MR) is 80.4 cm³/mol. The largest absolute Gasteiger partial charge is 0.503 e. The minimum Gasteiger partial charge on any atom is -0.450 e. The van der Waals surface area contributed by atoms with Crippen molar-refractivity contribution in [2.24, 2.45) is 5.92 Å². The lowest BCUT2D eigenvalue weighted by atomic mass is 9.78. The summed E-state index contributed by atoms with van der Waals surface area (Å²) >= 11 is 0. The molecule has 1 heterocycles. The van der Waals surface area contributed by atoms with E-state index in [9.17, 15) is 9.59 Å². The van der Waals surface area contributed by atoms with Crippen LogP contribution in [0.2, 0.25) is 0 Å². The third-order valence-electron chi connectivity index (χ3n) is 4.27. The fraction of sp³-hybridized carbons (Fsp3) is 0.438. The second-order valence-electron chi connectivity index (χ2n) is 6.11. The van der Waals surface area contributed by atoms with Gasteiger partial charge >= 0.3 is 6.16 Å². The predicted octanol–water partition coefficient (Wildman–Crippen LogP) is 3.12.